The number of nitrogen functional groups attached to an aromatic ring is 1. The first kappa shape index (κ1) is 11.4. The average molecular weight is 238 g/mol. The van der Waals surface area contributed by atoms with Gasteiger partial charge < -0.3 is 5.73 Å². The molecule has 0 aliphatic rings. The highest BCUT2D eigenvalue weighted by atomic mass is 19.1. The van der Waals surface area contributed by atoms with E-state index in [0.29, 0.717) is 17.8 Å². The molecule has 2 nitrogen and oxygen atoms in total. The number of anilines is 1. The Morgan fingerprint density at radius 2 is 1.65 bits per heavy atom. The highest BCUT2D eigenvalue weighted by Crippen LogP contribution is 2.29. The summed E-state index contributed by atoms with van der Waals surface area (Å²) in [5, 5.41) is 0. The lowest BCUT2D eigenvalue weighted by Gasteiger charge is -2.08. The lowest BCUT2D eigenvalue weighted by molar-refractivity contribution is 0.548. The van der Waals surface area contributed by atoms with Crippen LogP contribution in [0.3, 0.4) is 0 Å². The fraction of sp³-hybridized carbons (Fsp3) is 0.0833. The van der Waals surface area contributed by atoms with Gasteiger partial charge in [-0.1, -0.05) is 0 Å². The molecule has 1 aromatic carbocycles. The molecule has 0 fully saturated rings. The number of hydrogen-bond donors (Lipinski definition) is 1. The molecule has 1 heterocycles. The van der Waals surface area contributed by atoms with Gasteiger partial charge in [0.25, 0.3) is 0 Å². The van der Waals surface area contributed by atoms with Crippen LogP contribution in [0.2, 0.25) is 0 Å². The number of pyridine rings is 1. The number of aromatic nitrogens is 1. The van der Waals surface area contributed by atoms with Gasteiger partial charge in [-0.3, -0.25) is 0 Å². The number of nitrogens with two attached hydrogens (primary N) is 1. The highest BCUT2D eigenvalue weighted by Gasteiger charge is 2.15. The lowest BCUT2D eigenvalue weighted by Crippen LogP contribution is -1.98. The molecule has 0 aliphatic carbocycles. The molecule has 0 radical (unpaired) electrons. The van der Waals surface area contributed by atoms with Gasteiger partial charge in [0.05, 0.1) is 5.56 Å². The standard InChI is InChI=1S/C12H9F3N2/c1-6-8(2-3-11(16)17-6)12-9(14)4-7(13)5-10(12)15/h2-5H,1H3,(H2,16,17). The summed E-state index contributed by atoms with van der Waals surface area (Å²) < 4.78 is 39.9. The monoisotopic (exact) mass is 238 g/mol. The minimum atomic E-state index is -0.961. The first-order valence-electron chi connectivity index (χ1n) is 4.87. The summed E-state index contributed by atoms with van der Waals surface area (Å²) in [6, 6.07) is 4.16. The molecule has 0 spiro atoms. The van der Waals surface area contributed by atoms with Gasteiger partial charge in [-0.2, -0.15) is 0 Å². The number of hydrogen-bond acceptors (Lipinski definition) is 2. The second-order valence-corrected chi connectivity index (χ2v) is 3.61. The van der Waals surface area contributed by atoms with Crippen LogP contribution in [0.1, 0.15) is 5.69 Å². The van der Waals surface area contributed by atoms with Gasteiger partial charge in [0.15, 0.2) is 0 Å². The molecule has 0 bridgehead atoms. The van der Waals surface area contributed by atoms with Crippen LogP contribution < -0.4 is 5.73 Å². The molecule has 17 heavy (non-hydrogen) atoms. The van der Waals surface area contributed by atoms with Gasteiger partial charge in [-0.05, 0) is 19.1 Å². The molecule has 2 N–H and O–H groups in total. The highest BCUT2D eigenvalue weighted by molar-refractivity contribution is 5.68. The SMILES string of the molecule is Cc1nc(N)ccc1-c1c(F)cc(F)cc1F. The maximum absolute atomic E-state index is 13.5. The number of nitrogens with zero attached hydrogens (tertiary/aromatic N) is 1. The van der Waals surface area contributed by atoms with Crippen LogP contribution in [-0.2, 0) is 0 Å². The molecule has 0 atom stereocenters. The van der Waals surface area contributed by atoms with Gasteiger partial charge >= 0.3 is 0 Å². The van der Waals surface area contributed by atoms with E-state index in [9.17, 15) is 13.2 Å². The third-order valence-corrected chi connectivity index (χ3v) is 2.38. The van der Waals surface area contributed by atoms with Crippen LogP contribution >= 0.6 is 0 Å². The van der Waals surface area contributed by atoms with Crippen molar-refractivity contribution in [2.75, 3.05) is 5.73 Å². The smallest absolute Gasteiger partial charge is 0.136 e. The van der Waals surface area contributed by atoms with Crippen molar-refractivity contribution in [2.45, 2.75) is 6.92 Å². The molecule has 2 aromatic rings. The van der Waals surface area contributed by atoms with E-state index in [1.165, 1.54) is 12.1 Å². The van der Waals surface area contributed by atoms with Crippen molar-refractivity contribution in [2.24, 2.45) is 0 Å². The molecule has 0 amide bonds. The molecule has 5 heteroatoms. The summed E-state index contributed by atoms with van der Waals surface area (Å²) in [6.07, 6.45) is 0. The largest absolute Gasteiger partial charge is 0.384 e. The van der Waals surface area contributed by atoms with Crippen molar-refractivity contribution < 1.29 is 13.2 Å². The third-order valence-electron chi connectivity index (χ3n) is 2.38. The molecule has 1 aromatic heterocycles. The summed E-state index contributed by atoms with van der Waals surface area (Å²) in [6.45, 7) is 1.58. The molecule has 88 valence electrons. The van der Waals surface area contributed by atoms with E-state index in [0.717, 1.165) is 0 Å². The minimum absolute atomic E-state index is 0.258. The van der Waals surface area contributed by atoms with Crippen LogP contribution in [0, 0.1) is 24.4 Å². The number of benzene rings is 1. The van der Waals surface area contributed by atoms with E-state index in [1.54, 1.807) is 6.92 Å². The van der Waals surface area contributed by atoms with Crippen molar-refractivity contribution >= 4 is 5.82 Å². The van der Waals surface area contributed by atoms with Crippen LogP contribution in [-0.4, -0.2) is 4.98 Å². The van der Waals surface area contributed by atoms with Crippen molar-refractivity contribution in [1.82, 2.24) is 4.98 Å². The Labute approximate surface area is 95.9 Å². The van der Waals surface area contributed by atoms with E-state index in [2.05, 4.69) is 4.98 Å². The number of aryl methyl sites for hydroxylation is 1. The maximum atomic E-state index is 13.5. The van der Waals surface area contributed by atoms with Gasteiger partial charge in [0.2, 0.25) is 0 Å². The predicted octanol–water partition coefficient (Wildman–Crippen LogP) is 3.06. The zero-order valence-electron chi connectivity index (χ0n) is 8.97. The van der Waals surface area contributed by atoms with Crippen LogP contribution in [0.5, 0.6) is 0 Å². The lowest BCUT2D eigenvalue weighted by atomic mass is 10.0. The molecule has 0 saturated heterocycles. The molecule has 2 rings (SSSR count). The number of rotatable bonds is 1. The third kappa shape index (κ3) is 2.08. The van der Waals surface area contributed by atoms with Gasteiger partial charge in [0, 0.05) is 23.4 Å². The Balaban J connectivity index is 2.68. The normalized spacial score (nSPS) is 10.6. The van der Waals surface area contributed by atoms with Crippen LogP contribution in [0.4, 0.5) is 19.0 Å². The van der Waals surface area contributed by atoms with Gasteiger partial charge in [-0.25, -0.2) is 18.2 Å². The fourth-order valence-corrected chi connectivity index (χ4v) is 1.64. The van der Waals surface area contributed by atoms with Crippen molar-refractivity contribution in [3.8, 4) is 11.1 Å². The van der Waals surface area contributed by atoms with Crippen LogP contribution in [0.25, 0.3) is 11.1 Å². The average Bonchev–Trinajstić information content (AvgIpc) is 2.19. The molecule has 0 aliphatic heterocycles. The van der Waals surface area contributed by atoms with Gasteiger partial charge in [0.1, 0.15) is 23.3 Å². The summed E-state index contributed by atoms with van der Waals surface area (Å²) in [5.41, 5.74) is 5.79. The minimum Gasteiger partial charge on any atom is -0.384 e. The predicted molar refractivity (Wildman–Crippen MR) is 58.7 cm³/mol. The molecular formula is C12H9F3N2. The van der Waals surface area contributed by atoms with E-state index >= 15 is 0 Å². The van der Waals surface area contributed by atoms with Crippen molar-refractivity contribution in [1.29, 1.82) is 0 Å². The number of halogens is 3. The molecule has 0 saturated carbocycles. The Bertz CT molecular complexity index is 559. The molecular weight excluding hydrogens is 229 g/mol. The van der Waals surface area contributed by atoms with E-state index in [4.69, 9.17) is 5.73 Å². The quantitative estimate of drug-likeness (QED) is 0.829. The first-order valence-corrected chi connectivity index (χ1v) is 4.87. The van der Waals surface area contributed by atoms with E-state index in [1.807, 2.05) is 0 Å². The second-order valence-electron chi connectivity index (χ2n) is 3.61. The zero-order valence-corrected chi connectivity index (χ0v) is 8.97. The summed E-state index contributed by atoms with van der Waals surface area (Å²) in [5.74, 6) is -2.62. The molecule has 0 unspecified atom stereocenters. The maximum Gasteiger partial charge on any atom is 0.136 e. The Morgan fingerprint density at radius 3 is 2.18 bits per heavy atom. The fourth-order valence-electron chi connectivity index (χ4n) is 1.64. The second kappa shape index (κ2) is 4.08. The van der Waals surface area contributed by atoms with E-state index in [-0.39, 0.29) is 16.9 Å². The Hall–Kier alpha value is -2.04. The van der Waals surface area contributed by atoms with Gasteiger partial charge in [-0.15, -0.1) is 0 Å². The van der Waals surface area contributed by atoms with Crippen LogP contribution in [0.15, 0.2) is 24.3 Å². The Morgan fingerprint density at radius 1 is 1.06 bits per heavy atom. The zero-order chi connectivity index (χ0) is 12.6. The summed E-state index contributed by atoms with van der Waals surface area (Å²) in [7, 11) is 0. The summed E-state index contributed by atoms with van der Waals surface area (Å²) >= 11 is 0. The topological polar surface area (TPSA) is 38.9 Å². The first-order chi connectivity index (χ1) is 7.99. The Kier molecular flexibility index (Phi) is 2.75. The summed E-state index contributed by atoms with van der Waals surface area (Å²) in [4.78, 5) is 3.91. The van der Waals surface area contributed by atoms with Crippen molar-refractivity contribution in [3.05, 3.63) is 47.4 Å². The van der Waals surface area contributed by atoms with Crippen molar-refractivity contribution in [3.63, 3.8) is 0 Å². The van der Waals surface area contributed by atoms with E-state index < -0.39 is 17.5 Å².